The molecule has 0 saturated heterocycles. The van der Waals surface area contributed by atoms with E-state index in [0.29, 0.717) is 5.92 Å². The fraction of sp³-hybridized carbons (Fsp3) is 0.680. The van der Waals surface area contributed by atoms with Gasteiger partial charge in [0.1, 0.15) is 0 Å². The number of likely N-dealkylation sites (N-methyl/N-ethyl adjacent to an activating group) is 1. The molecule has 2 rings (SSSR count). The van der Waals surface area contributed by atoms with Gasteiger partial charge >= 0.3 is 0 Å². The number of hydrogen-bond acceptors (Lipinski definition) is 3. The number of aryl methyl sites for hydroxylation is 1. The molecule has 1 aromatic rings. The second-order valence-electron chi connectivity index (χ2n) is 9.73. The van der Waals surface area contributed by atoms with Gasteiger partial charge in [-0.1, -0.05) is 43.7 Å². The smallest absolute Gasteiger partial charge is 0.220 e. The third kappa shape index (κ3) is 7.12. The maximum atomic E-state index is 12.4. The van der Waals surface area contributed by atoms with Crippen LogP contribution in [0.15, 0.2) is 24.3 Å². The molecule has 2 N–H and O–H groups in total. The van der Waals surface area contributed by atoms with Crippen molar-refractivity contribution in [3.8, 4) is 0 Å². The van der Waals surface area contributed by atoms with E-state index in [1.54, 1.807) is 0 Å². The van der Waals surface area contributed by atoms with Gasteiger partial charge in [0.2, 0.25) is 11.8 Å². The molecule has 0 bridgehead atoms. The summed E-state index contributed by atoms with van der Waals surface area (Å²) in [5.41, 5.74) is 2.82. The topological polar surface area (TPSA) is 61.4 Å². The van der Waals surface area contributed by atoms with Crippen LogP contribution in [0.25, 0.3) is 0 Å². The third-order valence-electron chi connectivity index (χ3n) is 6.81. The Hall–Kier alpha value is -1.88. The zero-order valence-corrected chi connectivity index (χ0v) is 19.8. The first-order chi connectivity index (χ1) is 14.1. The summed E-state index contributed by atoms with van der Waals surface area (Å²) in [5, 5.41) is 6.13. The molecule has 0 aromatic heterocycles. The normalized spacial score (nSPS) is 22.7. The van der Waals surface area contributed by atoms with Gasteiger partial charge in [-0.25, -0.2) is 0 Å². The van der Waals surface area contributed by atoms with Crippen LogP contribution in [0.4, 0.5) is 0 Å². The minimum absolute atomic E-state index is 0.0108. The highest BCUT2D eigenvalue weighted by molar-refractivity contribution is 5.83. The van der Waals surface area contributed by atoms with Crippen molar-refractivity contribution < 1.29 is 9.59 Å². The van der Waals surface area contributed by atoms with E-state index in [9.17, 15) is 9.59 Å². The lowest BCUT2D eigenvalue weighted by Gasteiger charge is -2.45. The molecule has 0 radical (unpaired) electrons. The molecule has 1 fully saturated rings. The molecular weight excluding hydrogens is 374 g/mol. The van der Waals surface area contributed by atoms with E-state index in [4.69, 9.17) is 0 Å². The molecular formula is C25H41N3O2. The largest absolute Gasteiger partial charge is 0.353 e. The van der Waals surface area contributed by atoms with E-state index < -0.39 is 0 Å². The Morgan fingerprint density at radius 1 is 1.10 bits per heavy atom. The predicted octanol–water partition coefficient (Wildman–Crippen LogP) is 3.84. The molecule has 30 heavy (non-hydrogen) atoms. The van der Waals surface area contributed by atoms with Crippen molar-refractivity contribution in [1.29, 1.82) is 0 Å². The third-order valence-corrected chi connectivity index (χ3v) is 6.81. The highest BCUT2D eigenvalue weighted by Gasteiger charge is 2.37. The van der Waals surface area contributed by atoms with E-state index >= 15 is 0 Å². The Morgan fingerprint density at radius 2 is 1.73 bits per heavy atom. The molecule has 5 nitrogen and oxygen atoms in total. The second kappa shape index (κ2) is 10.9. The van der Waals surface area contributed by atoms with Crippen LogP contribution in [0.1, 0.15) is 70.4 Å². The number of nitrogens with one attached hydrogen (secondary N) is 2. The molecule has 0 aliphatic heterocycles. The number of nitrogens with zero attached hydrogens (tertiary/aromatic N) is 1. The minimum Gasteiger partial charge on any atom is -0.353 e. The molecule has 5 heteroatoms. The highest BCUT2D eigenvalue weighted by Crippen LogP contribution is 2.35. The number of carbonyl (C=O) groups excluding carboxylic acids is 2. The Morgan fingerprint density at radius 3 is 2.30 bits per heavy atom. The summed E-state index contributed by atoms with van der Waals surface area (Å²) in [6, 6.07) is 9.12. The number of rotatable bonds is 9. The zero-order valence-electron chi connectivity index (χ0n) is 19.8. The van der Waals surface area contributed by atoms with Crippen LogP contribution < -0.4 is 10.6 Å². The van der Waals surface area contributed by atoms with Crippen molar-refractivity contribution in [2.75, 3.05) is 14.1 Å². The van der Waals surface area contributed by atoms with Gasteiger partial charge in [0.15, 0.2) is 0 Å². The molecule has 1 aliphatic rings. The molecule has 0 heterocycles. The SMILES string of the molecule is Cc1cccc(CC2(N(C)C)CCC(NC(=O)CCC(=O)NC(C)C(C)C)CC2)c1. The predicted molar refractivity (Wildman–Crippen MR) is 123 cm³/mol. The van der Waals surface area contributed by atoms with Gasteiger partial charge in [0, 0.05) is 30.5 Å². The molecule has 0 spiro atoms. The van der Waals surface area contributed by atoms with Crippen LogP contribution in [0.5, 0.6) is 0 Å². The maximum Gasteiger partial charge on any atom is 0.220 e. The van der Waals surface area contributed by atoms with Crippen molar-refractivity contribution in [3.05, 3.63) is 35.4 Å². The Bertz CT molecular complexity index is 706. The molecule has 1 aromatic carbocycles. The van der Waals surface area contributed by atoms with Crippen LogP contribution in [-0.2, 0) is 16.0 Å². The van der Waals surface area contributed by atoms with E-state index in [0.717, 1.165) is 32.1 Å². The molecule has 1 unspecified atom stereocenters. The zero-order chi connectivity index (χ0) is 22.3. The summed E-state index contributed by atoms with van der Waals surface area (Å²) >= 11 is 0. The van der Waals surface area contributed by atoms with Gasteiger partial charge in [0.25, 0.3) is 0 Å². The van der Waals surface area contributed by atoms with Gasteiger partial charge in [-0.15, -0.1) is 0 Å². The van der Waals surface area contributed by atoms with Crippen molar-refractivity contribution in [1.82, 2.24) is 15.5 Å². The highest BCUT2D eigenvalue weighted by atomic mass is 16.2. The van der Waals surface area contributed by atoms with Crippen LogP contribution in [0, 0.1) is 12.8 Å². The lowest BCUT2D eigenvalue weighted by atomic mass is 9.74. The van der Waals surface area contributed by atoms with E-state index in [1.165, 1.54) is 11.1 Å². The summed E-state index contributed by atoms with van der Waals surface area (Å²) in [6.45, 7) is 8.29. The van der Waals surface area contributed by atoms with E-state index in [1.807, 2.05) is 6.92 Å². The van der Waals surface area contributed by atoms with Gasteiger partial charge in [-0.2, -0.15) is 0 Å². The first kappa shape index (κ1) is 24.4. The standard InChI is InChI=1S/C25H41N3O2/c1-18(2)20(4)26-23(29)10-11-24(30)27-22-12-14-25(15-13-22,28(5)6)17-21-9-7-8-19(3)16-21/h7-9,16,18,20,22H,10-15,17H2,1-6H3,(H,26,29)(H,27,30). The molecule has 2 amide bonds. The van der Waals surface area contributed by atoms with Crippen molar-refractivity contribution in [2.45, 2.75) is 90.3 Å². The Kier molecular flexibility index (Phi) is 8.90. The monoisotopic (exact) mass is 415 g/mol. The summed E-state index contributed by atoms with van der Waals surface area (Å²) in [4.78, 5) is 26.7. The lowest BCUT2D eigenvalue weighted by Crippen LogP contribution is -2.52. The van der Waals surface area contributed by atoms with Crippen molar-refractivity contribution in [2.24, 2.45) is 5.92 Å². The molecule has 1 aliphatic carbocycles. The first-order valence-corrected chi connectivity index (χ1v) is 11.4. The number of benzene rings is 1. The number of hydrogen-bond donors (Lipinski definition) is 2. The minimum atomic E-state index is -0.0419. The van der Waals surface area contributed by atoms with Gasteiger partial charge < -0.3 is 15.5 Å². The molecule has 1 saturated carbocycles. The summed E-state index contributed by atoms with van der Waals surface area (Å²) in [6.07, 6.45) is 5.63. The summed E-state index contributed by atoms with van der Waals surface area (Å²) in [7, 11) is 4.34. The van der Waals surface area contributed by atoms with Crippen LogP contribution in [-0.4, -0.2) is 48.4 Å². The van der Waals surface area contributed by atoms with Gasteiger partial charge in [-0.05, 0) is 71.5 Å². The second-order valence-corrected chi connectivity index (χ2v) is 9.73. The van der Waals surface area contributed by atoms with Crippen molar-refractivity contribution >= 4 is 11.8 Å². The fourth-order valence-corrected chi connectivity index (χ4v) is 4.30. The summed E-state index contributed by atoms with van der Waals surface area (Å²) in [5.74, 6) is 0.338. The van der Waals surface area contributed by atoms with Crippen LogP contribution >= 0.6 is 0 Å². The van der Waals surface area contributed by atoms with Crippen LogP contribution in [0.3, 0.4) is 0 Å². The maximum absolute atomic E-state index is 12.4. The number of carbonyl (C=O) groups is 2. The average Bonchev–Trinajstić information content (AvgIpc) is 2.68. The van der Waals surface area contributed by atoms with Gasteiger partial charge in [0.05, 0.1) is 0 Å². The van der Waals surface area contributed by atoms with E-state index in [2.05, 4.69) is 74.7 Å². The summed E-state index contributed by atoms with van der Waals surface area (Å²) < 4.78 is 0. The quantitative estimate of drug-likeness (QED) is 0.644. The van der Waals surface area contributed by atoms with Gasteiger partial charge in [-0.3, -0.25) is 9.59 Å². The van der Waals surface area contributed by atoms with Crippen LogP contribution in [0.2, 0.25) is 0 Å². The Labute approximate surface area is 183 Å². The fourth-order valence-electron chi connectivity index (χ4n) is 4.30. The first-order valence-electron chi connectivity index (χ1n) is 11.4. The average molecular weight is 416 g/mol. The Balaban J connectivity index is 1.82. The molecule has 168 valence electrons. The van der Waals surface area contributed by atoms with E-state index in [-0.39, 0.29) is 42.3 Å². The van der Waals surface area contributed by atoms with Crippen molar-refractivity contribution in [3.63, 3.8) is 0 Å². The number of amides is 2. The lowest BCUT2D eigenvalue weighted by molar-refractivity contribution is -0.127. The molecule has 1 atom stereocenters.